The second-order valence-corrected chi connectivity index (χ2v) is 7.20. The molecule has 1 aromatic rings. The fourth-order valence-electron chi connectivity index (χ4n) is 3.29. The van der Waals surface area contributed by atoms with Crippen molar-refractivity contribution in [3.05, 3.63) is 17.1 Å². The third-order valence-corrected chi connectivity index (χ3v) is 4.31. The molecular weight excluding hydrogens is 259 g/mol. The third kappa shape index (κ3) is 4.27. The first kappa shape index (κ1) is 16.4. The molecule has 0 saturated carbocycles. The van der Waals surface area contributed by atoms with Gasteiger partial charge in [0.05, 0.1) is 5.69 Å². The van der Waals surface area contributed by atoms with Crippen LogP contribution in [0.15, 0.2) is 9.41 Å². The van der Waals surface area contributed by atoms with Crippen LogP contribution in [0.1, 0.15) is 77.3 Å². The molecule has 3 nitrogen and oxygen atoms in total. The van der Waals surface area contributed by atoms with Crippen molar-refractivity contribution in [2.24, 2.45) is 4.99 Å². The van der Waals surface area contributed by atoms with E-state index in [1.54, 1.807) is 0 Å². The molecule has 118 valence electrons. The topological polar surface area (TPSA) is 30.4 Å². The van der Waals surface area contributed by atoms with Crippen molar-refractivity contribution in [2.75, 3.05) is 0 Å². The van der Waals surface area contributed by atoms with Crippen molar-refractivity contribution in [1.29, 1.82) is 0 Å². The lowest BCUT2D eigenvalue weighted by Crippen LogP contribution is -2.22. The Labute approximate surface area is 130 Å². The summed E-state index contributed by atoms with van der Waals surface area (Å²) in [7, 11) is 2.35. The summed E-state index contributed by atoms with van der Waals surface area (Å²) < 4.78 is 8.54. The number of nitrogens with zero attached hydrogens (tertiary/aromatic N) is 2. The molecule has 1 aliphatic rings. The van der Waals surface area contributed by atoms with Crippen molar-refractivity contribution in [3.63, 3.8) is 0 Å². The van der Waals surface area contributed by atoms with Gasteiger partial charge in [0.25, 0.3) is 5.68 Å². The van der Waals surface area contributed by atoms with Gasteiger partial charge < -0.3 is 4.42 Å². The summed E-state index contributed by atoms with van der Waals surface area (Å²) in [6.45, 7) is 8.70. The zero-order valence-corrected chi connectivity index (χ0v) is 14.5. The normalized spacial score (nSPS) is 21.8. The van der Waals surface area contributed by atoms with Gasteiger partial charge in [-0.1, -0.05) is 31.5 Å². The molecular formula is C17H31BN2O. The lowest BCUT2D eigenvalue weighted by molar-refractivity contribution is 0.402. The van der Waals surface area contributed by atoms with E-state index in [0.29, 0.717) is 11.9 Å². The second-order valence-electron chi connectivity index (χ2n) is 7.20. The molecule has 0 spiro atoms. The largest absolute Gasteiger partial charge is 0.428 e. The van der Waals surface area contributed by atoms with Crippen LogP contribution in [-0.4, -0.2) is 18.5 Å². The molecule has 0 amide bonds. The van der Waals surface area contributed by atoms with E-state index in [4.69, 9.17) is 9.41 Å². The highest BCUT2D eigenvalue weighted by Crippen LogP contribution is 2.25. The highest BCUT2D eigenvalue weighted by Gasteiger charge is 2.20. The Balaban J connectivity index is 2.47. The molecule has 1 aliphatic carbocycles. The molecule has 21 heavy (non-hydrogen) atoms. The number of fused-ring (bicyclic) bond motifs is 1. The maximum absolute atomic E-state index is 6.21. The Morgan fingerprint density at radius 3 is 2.52 bits per heavy atom. The molecule has 1 aromatic heterocycles. The van der Waals surface area contributed by atoms with Crippen LogP contribution in [0.4, 0.5) is 0 Å². The monoisotopic (exact) mass is 290 g/mol. The maximum Gasteiger partial charge on any atom is 0.297 e. The van der Waals surface area contributed by atoms with Crippen LogP contribution in [0, 0.1) is 0 Å². The van der Waals surface area contributed by atoms with E-state index in [9.17, 15) is 0 Å². The molecule has 0 fully saturated rings. The van der Waals surface area contributed by atoms with Gasteiger partial charge in [-0.25, -0.2) is 4.99 Å². The van der Waals surface area contributed by atoms with Gasteiger partial charge >= 0.3 is 0 Å². The number of aromatic nitrogens is 1. The molecule has 0 aliphatic heterocycles. The standard InChI is InChI=1S/C17H31BN2O/c1-12(2)19-17-20(13(3)4)15-10-8-6-5-7-9-14(18)11-16(15)21-17/h12-14H,5-11,18H2,1-4H3/b19-17-. The van der Waals surface area contributed by atoms with E-state index >= 15 is 0 Å². The molecule has 0 saturated heterocycles. The minimum atomic E-state index is 0.273. The molecule has 0 N–H and O–H groups in total. The average Bonchev–Trinajstić information content (AvgIpc) is 2.70. The summed E-state index contributed by atoms with van der Waals surface area (Å²) in [5.41, 5.74) is 2.23. The van der Waals surface area contributed by atoms with Crippen molar-refractivity contribution in [2.45, 2.75) is 90.5 Å². The van der Waals surface area contributed by atoms with E-state index in [1.807, 2.05) is 0 Å². The summed E-state index contributed by atoms with van der Waals surface area (Å²) in [6.07, 6.45) is 8.87. The van der Waals surface area contributed by atoms with Crippen LogP contribution in [0.2, 0.25) is 5.82 Å². The summed E-state index contributed by atoms with van der Waals surface area (Å²) in [4.78, 5) is 4.72. The Hall–Kier alpha value is -0.925. The Kier molecular flexibility index (Phi) is 5.77. The fourth-order valence-corrected chi connectivity index (χ4v) is 3.29. The summed E-state index contributed by atoms with van der Waals surface area (Å²) in [6, 6.07) is 0.684. The van der Waals surface area contributed by atoms with Gasteiger partial charge in [-0.3, -0.25) is 4.57 Å². The highest BCUT2D eigenvalue weighted by atomic mass is 16.4. The van der Waals surface area contributed by atoms with E-state index in [2.05, 4.69) is 40.1 Å². The summed E-state index contributed by atoms with van der Waals surface area (Å²) in [5, 5.41) is 0. The summed E-state index contributed by atoms with van der Waals surface area (Å²) in [5.74, 6) is 1.90. The van der Waals surface area contributed by atoms with Crippen molar-refractivity contribution in [3.8, 4) is 0 Å². The Morgan fingerprint density at radius 2 is 1.86 bits per heavy atom. The molecule has 0 bridgehead atoms. The van der Waals surface area contributed by atoms with Crippen LogP contribution in [-0.2, 0) is 12.8 Å². The second kappa shape index (κ2) is 7.37. The Morgan fingerprint density at radius 1 is 1.14 bits per heavy atom. The van der Waals surface area contributed by atoms with Gasteiger partial charge in [0.2, 0.25) is 0 Å². The lowest BCUT2D eigenvalue weighted by Gasteiger charge is -2.16. The minimum Gasteiger partial charge on any atom is -0.428 e. The SMILES string of the molecule is BC1CCCCCCc2c(o/c(=N\C(C)C)n2C(C)C)C1. The number of hydrogen-bond acceptors (Lipinski definition) is 2. The summed E-state index contributed by atoms with van der Waals surface area (Å²) >= 11 is 0. The van der Waals surface area contributed by atoms with E-state index in [1.165, 1.54) is 43.6 Å². The number of hydrogen-bond donors (Lipinski definition) is 0. The smallest absolute Gasteiger partial charge is 0.297 e. The minimum absolute atomic E-state index is 0.273. The zero-order valence-electron chi connectivity index (χ0n) is 14.5. The molecule has 0 aromatic carbocycles. The van der Waals surface area contributed by atoms with E-state index < -0.39 is 0 Å². The highest BCUT2D eigenvalue weighted by molar-refractivity contribution is 6.11. The van der Waals surface area contributed by atoms with Crippen LogP contribution in [0.25, 0.3) is 0 Å². The van der Waals surface area contributed by atoms with E-state index in [0.717, 1.165) is 18.5 Å². The van der Waals surface area contributed by atoms with Gasteiger partial charge in [-0.2, -0.15) is 0 Å². The Bertz CT molecular complexity index is 513. The predicted octanol–water partition coefficient (Wildman–Crippen LogP) is 3.44. The van der Waals surface area contributed by atoms with Crippen LogP contribution in [0.5, 0.6) is 0 Å². The van der Waals surface area contributed by atoms with E-state index in [-0.39, 0.29) is 6.04 Å². The van der Waals surface area contributed by atoms with Crippen molar-refractivity contribution >= 4 is 7.85 Å². The van der Waals surface area contributed by atoms with Crippen LogP contribution < -0.4 is 5.68 Å². The molecule has 1 atom stereocenters. The lowest BCUT2D eigenvalue weighted by atomic mass is 9.78. The van der Waals surface area contributed by atoms with Gasteiger partial charge in [0, 0.05) is 18.5 Å². The van der Waals surface area contributed by atoms with Gasteiger partial charge in [-0.05, 0) is 40.5 Å². The molecule has 2 rings (SSSR count). The van der Waals surface area contributed by atoms with Crippen LogP contribution >= 0.6 is 0 Å². The first-order chi connectivity index (χ1) is 9.99. The third-order valence-electron chi connectivity index (χ3n) is 4.31. The van der Waals surface area contributed by atoms with Gasteiger partial charge in [0.1, 0.15) is 13.6 Å². The number of oxazole rings is 1. The first-order valence-corrected chi connectivity index (χ1v) is 8.76. The molecule has 1 heterocycles. The predicted molar refractivity (Wildman–Crippen MR) is 90.6 cm³/mol. The maximum atomic E-state index is 6.21. The van der Waals surface area contributed by atoms with Crippen molar-refractivity contribution < 1.29 is 4.42 Å². The zero-order chi connectivity index (χ0) is 15.4. The molecule has 0 radical (unpaired) electrons. The number of rotatable bonds is 2. The quantitative estimate of drug-likeness (QED) is 0.767. The fraction of sp³-hybridized carbons (Fsp3) is 0.824. The van der Waals surface area contributed by atoms with Gasteiger partial charge in [-0.15, -0.1) is 0 Å². The van der Waals surface area contributed by atoms with Gasteiger partial charge in [0.15, 0.2) is 0 Å². The first-order valence-electron chi connectivity index (χ1n) is 8.76. The molecule has 4 heteroatoms. The van der Waals surface area contributed by atoms with Crippen molar-refractivity contribution in [1.82, 2.24) is 4.57 Å². The molecule has 1 unspecified atom stereocenters. The van der Waals surface area contributed by atoms with Crippen LogP contribution in [0.3, 0.4) is 0 Å². The average molecular weight is 290 g/mol.